The quantitative estimate of drug-likeness (QED) is 0.759. The second kappa shape index (κ2) is 8.61. The largest absolute Gasteiger partial charge is 0.462 e. The Hall–Kier alpha value is -2.96. The molecule has 7 nitrogen and oxygen atoms in total. The van der Waals surface area contributed by atoms with Crippen molar-refractivity contribution in [2.24, 2.45) is 0 Å². The van der Waals surface area contributed by atoms with Crippen molar-refractivity contribution in [3.05, 3.63) is 47.8 Å². The fraction of sp³-hybridized carbons (Fsp3) is 0.294. The minimum atomic E-state index is -0.483. The molecular weight excluding hydrogens is 308 g/mol. The van der Waals surface area contributed by atoms with E-state index in [9.17, 15) is 9.59 Å². The SMILES string of the molecule is CCCNc1ncc(C(=O)Nc2ccccc2C(=O)OCC)cn1. The van der Waals surface area contributed by atoms with Crippen molar-refractivity contribution in [2.45, 2.75) is 20.3 Å². The number of amides is 1. The highest BCUT2D eigenvalue weighted by molar-refractivity contribution is 6.07. The van der Waals surface area contributed by atoms with Crippen molar-refractivity contribution in [1.82, 2.24) is 9.97 Å². The van der Waals surface area contributed by atoms with Gasteiger partial charge in [0.15, 0.2) is 0 Å². The lowest BCUT2D eigenvalue weighted by molar-refractivity contribution is 0.0527. The first kappa shape index (κ1) is 17.4. The molecule has 126 valence electrons. The van der Waals surface area contributed by atoms with Gasteiger partial charge in [0.2, 0.25) is 5.95 Å². The van der Waals surface area contributed by atoms with Gasteiger partial charge >= 0.3 is 5.97 Å². The third-order valence-corrected chi connectivity index (χ3v) is 3.12. The molecular formula is C17H20N4O3. The van der Waals surface area contributed by atoms with Crippen LogP contribution < -0.4 is 10.6 Å². The van der Waals surface area contributed by atoms with Crippen molar-refractivity contribution in [3.8, 4) is 0 Å². The Balaban J connectivity index is 2.11. The fourth-order valence-electron chi connectivity index (χ4n) is 1.95. The molecule has 0 aliphatic rings. The molecule has 0 aliphatic carbocycles. The Morgan fingerprint density at radius 3 is 2.50 bits per heavy atom. The van der Waals surface area contributed by atoms with Crippen molar-refractivity contribution in [3.63, 3.8) is 0 Å². The molecule has 0 spiro atoms. The molecule has 0 atom stereocenters. The summed E-state index contributed by atoms with van der Waals surface area (Å²) in [7, 11) is 0. The van der Waals surface area contributed by atoms with E-state index >= 15 is 0 Å². The van der Waals surface area contributed by atoms with E-state index in [-0.39, 0.29) is 6.61 Å². The fourth-order valence-corrected chi connectivity index (χ4v) is 1.95. The van der Waals surface area contributed by atoms with Crippen molar-refractivity contribution >= 4 is 23.5 Å². The van der Waals surface area contributed by atoms with Gasteiger partial charge in [0.25, 0.3) is 5.91 Å². The maximum atomic E-state index is 12.3. The van der Waals surface area contributed by atoms with Gasteiger partial charge in [-0.15, -0.1) is 0 Å². The van der Waals surface area contributed by atoms with Crippen LogP contribution in [0.25, 0.3) is 0 Å². The Kier molecular flexibility index (Phi) is 6.24. The van der Waals surface area contributed by atoms with Crippen LogP contribution in [0, 0.1) is 0 Å². The first-order chi connectivity index (χ1) is 11.7. The van der Waals surface area contributed by atoms with Crippen LogP contribution in [0.1, 0.15) is 41.0 Å². The lowest BCUT2D eigenvalue weighted by Gasteiger charge is -2.10. The molecule has 0 saturated heterocycles. The van der Waals surface area contributed by atoms with Gasteiger partial charge in [-0.1, -0.05) is 19.1 Å². The number of para-hydroxylation sites is 1. The average molecular weight is 328 g/mol. The van der Waals surface area contributed by atoms with Crippen molar-refractivity contribution in [2.75, 3.05) is 23.8 Å². The van der Waals surface area contributed by atoms with Crippen LogP contribution in [0.3, 0.4) is 0 Å². The lowest BCUT2D eigenvalue weighted by Crippen LogP contribution is -2.16. The van der Waals surface area contributed by atoms with E-state index in [0.29, 0.717) is 22.8 Å². The van der Waals surface area contributed by atoms with E-state index in [0.717, 1.165) is 13.0 Å². The molecule has 2 rings (SSSR count). The van der Waals surface area contributed by atoms with Gasteiger partial charge in [0.1, 0.15) is 0 Å². The number of nitrogens with zero attached hydrogens (tertiary/aromatic N) is 2. The minimum Gasteiger partial charge on any atom is -0.462 e. The summed E-state index contributed by atoms with van der Waals surface area (Å²) < 4.78 is 4.99. The first-order valence-corrected chi connectivity index (χ1v) is 7.79. The van der Waals surface area contributed by atoms with Crippen LogP contribution >= 0.6 is 0 Å². The van der Waals surface area contributed by atoms with Crippen LogP contribution in [0.5, 0.6) is 0 Å². The summed E-state index contributed by atoms with van der Waals surface area (Å²) in [6.45, 7) is 4.79. The van der Waals surface area contributed by atoms with Crippen LogP contribution in [0.15, 0.2) is 36.7 Å². The third kappa shape index (κ3) is 4.52. The van der Waals surface area contributed by atoms with Gasteiger partial charge in [0, 0.05) is 18.9 Å². The number of ether oxygens (including phenoxy) is 1. The van der Waals surface area contributed by atoms with E-state index in [1.54, 1.807) is 31.2 Å². The van der Waals surface area contributed by atoms with E-state index in [1.165, 1.54) is 12.4 Å². The Morgan fingerprint density at radius 1 is 1.12 bits per heavy atom. The number of anilines is 2. The van der Waals surface area contributed by atoms with Gasteiger partial charge < -0.3 is 15.4 Å². The summed E-state index contributed by atoms with van der Waals surface area (Å²) in [5.74, 6) is -0.405. The smallest absolute Gasteiger partial charge is 0.340 e. The summed E-state index contributed by atoms with van der Waals surface area (Å²) in [5.41, 5.74) is 0.986. The molecule has 7 heteroatoms. The molecule has 24 heavy (non-hydrogen) atoms. The molecule has 1 amide bonds. The number of hydrogen-bond donors (Lipinski definition) is 2. The maximum Gasteiger partial charge on any atom is 0.340 e. The summed E-state index contributed by atoms with van der Waals surface area (Å²) in [6.07, 6.45) is 3.83. The van der Waals surface area contributed by atoms with E-state index in [4.69, 9.17) is 4.74 Å². The van der Waals surface area contributed by atoms with E-state index < -0.39 is 11.9 Å². The Morgan fingerprint density at radius 2 is 1.83 bits per heavy atom. The molecule has 2 N–H and O–H groups in total. The van der Waals surface area contributed by atoms with Gasteiger partial charge in [0.05, 0.1) is 23.4 Å². The second-order valence-corrected chi connectivity index (χ2v) is 4.94. The predicted octanol–water partition coefficient (Wildman–Crippen LogP) is 2.73. The molecule has 1 aromatic heterocycles. The summed E-state index contributed by atoms with van der Waals surface area (Å²) >= 11 is 0. The highest BCUT2D eigenvalue weighted by atomic mass is 16.5. The van der Waals surface area contributed by atoms with Crippen LogP contribution in [-0.4, -0.2) is 35.0 Å². The number of esters is 1. The van der Waals surface area contributed by atoms with Gasteiger partial charge in [-0.3, -0.25) is 4.79 Å². The predicted molar refractivity (Wildman–Crippen MR) is 91.2 cm³/mol. The molecule has 0 saturated carbocycles. The molecule has 2 aromatic rings. The highest BCUT2D eigenvalue weighted by Gasteiger charge is 2.15. The van der Waals surface area contributed by atoms with Crippen LogP contribution in [0.4, 0.5) is 11.6 Å². The monoisotopic (exact) mass is 328 g/mol. The minimum absolute atomic E-state index is 0.265. The average Bonchev–Trinajstić information content (AvgIpc) is 2.61. The van der Waals surface area contributed by atoms with Gasteiger partial charge in [-0.05, 0) is 25.5 Å². The number of nitrogens with one attached hydrogen (secondary N) is 2. The van der Waals surface area contributed by atoms with Gasteiger partial charge in [-0.2, -0.15) is 0 Å². The van der Waals surface area contributed by atoms with Crippen LogP contribution in [-0.2, 0) is 4.74 Å². The van der Waals surface area contributed by atoms with E-state index in [1.807, 2.05) is 6.92 Å². The third-order valence-electron chi connectivity index (χ3n) is 3.12. The van der Waals surface area contributed by atoms with E-state index in [2.05, 4.69) is 20.6 Å². The second-order valence-electron chi connectivity index (χ2n) is 4.94. The van der Waals surface area contributed by atoms with Gasteiger partial charge in [-0.25, -0.2) is 14.8 Å². The molecule has 0 aliphatic heterocycles. The maximum absolute atomic E-state index is 12.3. The summed E-state index contributed by atoms with van der Waals surface area (Å²) in [5, 5.41) is 5.72. The van der Waals surface area contributed by atoms with Crippen molar-refractivity contribution < 1.29 is 14.3 Å². The standard InChI is InChI=1S/C17H20N4O3/c1-3-9-18-17-19-10-12(11-20-17)15(22)21-14-8-6-5-7-13(14)16(23)24-4-2/h5-8,10-11H,3-4,9H2,1-2H3,(H,21,22)(H,18,19,20). The number of rotatable bonds is 7. The summed E-state index contributed by atoms with van der Waals surface area (Å²) in [6, 6.07) is 6.68. The molecule has 0 fully saturated rings. The Bertz CT molecular complexity index is 701. The number of aromatic nitrogens is 2. The number of carbonyl (C=O) groups excluding carboxylic acids is 2. The number of benzene rings is 1. The lowest BCUT2D eigenvalue weighted by atomic mass is 10.1. The molecule has 0 radical (unpaired) electrons. The topological polar surface area (TPSA) is 93.2 Å². The zero-order chi connectivity index (χ0) is 17.4. The molecule has 0 unspecified atom stereocenters. The van der Waals surface area contributed by atoms with Crippen LogP contribution in [0.2, 0.25) is 0 Å². The zero-order valence-corrected chi connectivity index (χ0v) is 13.7. The molecule has 1 heterocycles. The molecule has 1 aromatic carbocycles. The normalized spacial score (nSPS) is 10.1. The first-order valence-electron chi connectivity index (χ1n) is 7.79. The highest BCUT2D eigenvalue weighted by Crippen LogP contribution is 2.17. The Labute approximate surface area is 140 Å². The number of carbonyl (C=O) groups is 2. The molecule has 0 bridgehead atoms. The number of hydrogen-bond acceptors (Lipinski definition) is 6. The summed E-state index contributed by atoms with van der Waals surface area (Å²) in [4.78, 5) is 32.4. The van der Waals surface area contributed by atoms with Crippen molar-refractivity contribution in [1.29, 1.82) is 0 Å². The zero-order valence-electron chi connectivity index (χ0n) is 13.7.